The quantitative estimate of drug-likeness (QED) is 0.803. The van der Waals surface area contributed by atoms with Crippen molar-refractivity contribution in [2.45, 2.75) is 27.7 Å². The summed E-state index contributed by atoms with van der Waals surface area (Å²) in [5.74, 6) is -0.953. The number of amides is 2. The van der Waals surface area contributed by atoms with Crippen LogP contribution in [0.1, 0.15) is 30.5 Å². The van der Waals surface area contributed by atoms with Crippen LogP contribution in [-0.2, 0) is 9.59 Å². The largest absolute Gasteiger partial charge is 0.350 e. The molecule has 0 fully saturated rings. The summed E-state index contributed by atoms with van der Waals surface area (Å²) in [5, 5.41) is 3.14. The molecule has 1 N–H and O–H groups in total. The molecule has 1 heterocycles. The van der Waals surface area contributed by atoms with Crippen molar-refractivity contribution in [1.82, 2.24) is 4.90 Å². The van der Waals surface area contributed by atoms with Crippen LogP contribution in [0.2, 0.25) is 0 Å². The zero-order chi connectivity index (χ0) is 19.7. The average Bonchev–Trinajstić information content (AvgIpc) is 2.79. The molecule has 4 nitrogen and oxygen atoms in total. The van der Waals surface area contributed by atoms with Crippen LogP contribution in [0.5, 0.6) is 0 Å². The van der Waals surface area contributed by atoms with E-state index in [-0.39, 0.29) is 34.8 Å². The summed E-state index contributed by atoms with van der Waals surface area (Å²) in [5.41, 5.74) is 3.88. The number of imide groups is 1. The van der Waals surface area contributed by atoms with Crippen LogP contribution < -0.4 is 5.32 Å². The molecule has 140 valence electrons. The zero-order valence-corrected chi connectivity index (χ0v) is 16.0. The van der Waals surface area contributed by atoms with Crippen LogP contribution in [-0.4, -0.2) is 23.3 Å². The maximum atomic E-state index is 13.3. The number of hydrogen-bond donors (Lipinski definition) is 1. The van der Waals surface area contributed by atoms with Gasteiger partial charge in [-0.15, -0.1) is 0 Å². The van der Waals surface area contributed by atoms with Gasteiger partial charge < -0.3 is 5.32 Å². The van der Waals surface area contributed by atoms with Gasteiger partial charge in [-0.25, -0.2) is 4.39 Å². The molecule has 0 aromatic heterocycles. The first-order chi connectivity index (χ1) is 12.8. The molecular weight excluding hydrogens is 343 g/mol. The number of benzene rings is 2. The molecule has 1 aliphatic rings. The molecule has 5 heteroatoms. The topological polar surface area (TPSA) is 49.4 Å². The number of carbonyl (C=O) groups is 2. The predicted octanol–water partition coefficient (Wildman–Crippen LogP) is 4.29. The lowest BCUT2D eigenvalue weighted by Crippen LogP contribution is -2.35. The number of rotatable bonds is 5. The van der Waals surface area contributed by atoms with Gasteiger partial charge in [0.25, 0.3) is 11.8 Å². The van der Waals surface area contributed by atoms with Crippen LogP contribution in [0.15, 0.2) is 48.2 Å². The van der Waals surface area contributed by atoms with E-state index in [4.69, 9.17) is 0 Å². The van der Waals surface area contributed by atoms with Crippen LogP contribution in [0.4, 0.5) is 10.1 Å². The summed E-state index contributed by atoms with van der Waals surface area (Å²) >= 11 is 0. The highest BCUT2D eigenvalue weighted by molar-refractivity contribution is 6.36. The van der Waals surface area contributed by atoms with Crippen molar-refractivity contribution in [3.05, 3.63) is 70.7 Å². The Balaban J connectivity index is 2.08. The highest BCUT2D eigenvalue weighted by Crippen LogP contribution is 2.31. The minimum Gasteiger partial charge on any atom is -0.350 e. The van der Waals surface area contributed by atoms with Gasteiger partial charge in [-0.3, -0.25) is 14.5 Å². The third-order valence-electron chi connectivity index (χ3n) is 4.34. The predicted molar refractivity (Wildman–Crippen MR) is 104 cm³/mol. The van der Waals surface area contributed by atoms with Crippen molar-refractivity contribution in [3.63, 3.8) is 0 Å². The molecule has 3 rings (SSSR count). The van der Waals surface area contributed by atoms with Crippen molar-refractivity contribution >= 4 is 23.1 Å². The molecular formula is C22H23FN2O2. The smallest absolute Gasteiger partial charge is 0.278 e. The van der Waals surface area contributed by atoms with E-state index >= 15 is 0 Å². The normalized spacial score (nSPS) is 14.5. The average molecular weight is 366 g/mol. The Labute approximate surface area is 158 Å². The summed E-state index contributed by atoms with van der Waals surface area (Å²) in [6, 6.07) is 11.5. The van der Waals surface area contributed by atoms with E-state index in [1.807, 2.05) is 45.9 Å². The number of hydrogen-bond acceptors (Lipinski definition) is 3. The van der Waals surface area contributed by atoms with Gasteiger partial charge in [-0.1, -0.05) is 32.0 Å². The third-order valence-corrected chi connectivity index (χ3v) is 4.34. The van der Waals surface area contributed by atoms with Gasteiger partial charge in [-0.2, -0.15) is 0 Å². The van der Waals surface area contributed by atoms with Gasteiger partial charge in [0.2, 0.25) is 0 Å². The first kappa shape index (κ1) is 18.8. The van der Waals surface area contributed by atoms with E-state index in [2.05, 4.69) is 5.32 Å². The standard InChI is InChI=1S/C22H23FN2O2/c1-13(2)12-25-21(26)19(16-5-7-17(23)8-6-16)20(22(25)27)24-18-10-14(3)9-15(4)11-18/h5-11,13,24H,12H2,1-4H3. The van der Waals surface area contributed by atoms with E-state index in [9.17, 15) is 14.0 Å². The monoisotopic (exact) mass is 366 g/mol. The maximum absolute atomic E-state index is 13.3. The highest BCUT2D eigenvalue weighted by atomic mass is 19.1. The van der Waals surface area contributed by atoms with Crippen molar-refractivity contribution in [2.24, 2.45) is 5.92 Å². The Morgan fingerprint density at radius 3 is 2.11 bits per heavy atom. The molecule has 0 spiro atoms. The van der Waals surface area contributed by atoms with Crippen LogP contribution >= 0.6 is 0 Å². The molecule has 0 saturated heterocycles. The van der Waals surface area contributed by atoms with Gasteiger partial charge in [0, 0.05) is 12.2 Å². The molecule has 2 aromatic rings. The summed E-state index contributed by atoms with van der Waals surface area (Å²) in [6.07, 6.45) is 0. The van der Waals surface area contributed by atoms with Crippen molar-refractivity contribution in [3.8, 4) is 0 Å². The van der Waals surface area contributed by atoms with Gasteiger partial charge >= 0.3 is 0 Å². The first-order valence-corrected chi connectivity index (χ1v) is 8.98. The Morgan fingerprint density at radius 1 is 0.963 bits per heavy atom. The summed E-state index contributed by atoms with van der Waals surface area (Å²) in [6.45, 7) is 8.18. The molecule has 0 bridgehead atoms. The second kappa shape index (κ2) is 7.35. The molecule has 0 radical (unpaired) electrons. The third kappa shape index (κ3) is 3.92. The minimum absolute atomic E-state index is 0.146. The van der Waals surface area contributed by atoms with Crippen LogP contribution in [0, 0.1) is 25.6 Å². The van der Waals surface area contributed by atoms with Gasteiger partial charge in [0.15, 0.2) is 0 Å². The second-order valence-corrected chi connectivity index (χ2v) is 7.37. The molecule has 27 heavy (non-hydrogen) atoms. The summed E-state index contributed by atoms with van der Waals surface area (Å²) in [4.78, 5) is 27.2. The summed E-state index contributed by atoms with van der Waals surface area (Å²) < 4.78 is 13.3. The first-order valence-electron chi connectivity index (χ1n) is 8.98. The maximum Gasteiger partial charge on any atom is 0.278 e. The number of aryl methyl sites for hydroxylation is 2. The van der Waals surface area contributed by atoms with Gasteiger partial charge in [0.05, 0.1) is 5.57 Å². The molecule has 1 aliphatic heterocycles. The van der Waals surface area contributed by atoms with E-state index in [0.717, 1.165) is 16.8 Å². The molecule has 2 aromatic carbocycles. The number of nitrogens with zero attached hydrogens (tertiary/aromatic N) is 1. The number of anilines is 1. The van der Waals surface area contributed by atoms with Gasteiger partial charge in [-0.05, 0) is 60.7 Å². The molecule has 0 unspecified atom stereocenters. The summed E-state index contributed by atoms with van der Waals surface area (Å²) in [7, 11) is 0. The molecule has 0 saturated carbocycles. The van der Waals surface area contributed by atoms with Crippen molar-refractivity contribution < 1.29 is 14.0 Å². The lowest BCUT2D eigenvalue weighted by Gasteiger charge is -2.17. The second-order valence-electron chi connectivity index (χ2n) is 7.37. The highest BCUT2D eigenvalue weighted by Gasteiger charge is 2.39. The molecule has 0 atom stereocenters. The fourth-order valence-electron chi connectivity index (χ4n) is 3.30. The fraction of sp³-hybridized carbons (Fsp3) is 0.273. The molecule has 0 aliphatic carbocycles. The number of nitrogens with one attached hydrogen (secondary N) is 1. The zero-order valence-electron chi connectivity index (χ0n) is 16.0. The SMILES string of the molecule is Cc1cc(C)cc(NC2=C(c3ccc(F)cc3)C(=O)N(CC(C)C)C2=O)c1. The van der Waals surface area contributed by atoms with Crippen molar-refractivity contribution in [2.75, 3.05) is 11.9 Å². The number of carbonyl (C=O) groups excluding carboxylic acids is 2. The van der Waals surface area contributed by atoms with E-state index in [1.165, 1.54) is 29.2 Å². The van der Waals surface area contributed by atoms with Crippen LogP contribution in [0.25, 0.3) is 5.57 Å². The van der Waals surface area contributed by atoms with E-state index in [0.29, 0.717) is 12.1 Å². The van der Waals surface area contributed by atoms with E-state index < -0.39 is 0 Å². The Hall–Kier alpha value is -2.95. The van der Waals surface area contributed by atoms with Crippen LogP contribution in [0.3, 0.4) is 0 Å². The Bertz CT molecular complexity index is 910. The minimum atomic E-state index is -0.390. The Kier molecular flexibility index (Phi) is 5.13. The van der Waals surface area contributed by atoms with E-state index in [1.54, 1.807) is 0 Å². The Morgan fingerprint density at radius 2 is 1.56 bits per heavy atom. The lowest BCUT2D eigenvalue weighted by molar-refractivity contribution is -0.137. The van der Waals surface area contributed by atoms with Crippen molar-refractivity contribution in [1.29, 1.82) is 0 Å². The number of halogens is 1. The molecule has 2 amide bonds. The lowest BCUT2D eigenvalue weighted by atomic mass is 10.0. The van der Waals surface area contributed by atoms with Gasteiger partial charge in [0.1, 0.15) is 11.5 Å². The fourth-order valence-corrected chi connectivity index (χ4v) is 3.30.